The summed E-state index contributed by atoms with van der Waals surface area (Å²) < 4.78 is 5.14. The molecule has 1 heterocycles. The van der Waals surface area contributed by atoms with E-state index in [0.29, 0.717) is 11.7 Å². The van der Waals surface area contributed by atoms with Gasteiger partial charge in [0.15, 0.2) is 5.76 Å². The number of allylic oxidation sites excluding steroid dienone is 4. The number of hydrogen-bond donors (Lipinski definition) is 1. The molecule has 1 aromatic rings. The second-order valence-electron chi connectivity index (χ2n) is 5.01. The Morgan fingerprint density at radius 3 is 3.00 bits per heavy atom. The number of nitrogens with zero attached hydrogens (tertiary/aromatic N) is 1. The lowest BCUT2D eigenvalue weighted by Crippen LogP contribution is -2.05. The highest BCUT2D eigenvalue weighted by Crippen LogP contribution is 2.44. The van der Waals surface area contributed by atoms with E-state index in [9.17, 15) is 5.11 Å². The summed E-state index contributed by atoms with van der Waals surface area (Å²) in [7, 11) is 0. The van der Waals surface area contributed by atoms with Gasteiger partial charge in [-0.05, 0) is 43.6 Å². The SMILES string of the molecule is Cc1noc(CO)c1C1=CC=CC(C2CC2)C1. The molecule has 0 aromatic carbocycles. The molecule has 3 rings (SSSR count). The molecule has 0 bridgehead atoms. The first kappa shape index (κ1) is 10.8. The van der Waals surface area contributed by atoms with Gasteiger partial charge in [0.25, 0.3) is 0 Å². The minimum Gasteiger partial charge on any atom is -0.388 e. The van der Waals surface area contributed by atoms with Gasteiger partial charge in [-0.1, -0.05) is 23.4 Å². The van der Waals surface area contributed by atoms with E-state index >= 15 is 0 Å². The molecule has 0 amide bonds. The van der Waals surface area contributed by atoms with Gasteiger partial charge in [0.2, 0.25) is 0 Å². The molecule has 90 valence electrons. The molecule has 3 nitrogen and oxygen atoms in total. The number of rotatable bonds is 3. The van der Waals surface area contributed by atoms with Gasteiger partial charge < -0.3 is 9.63 Å². The first-order chi connectivity index (χ1) is 8.29. The lowest BCUT2D eigenvalue weighted by molar-refractivity contribution is 0.228. The van der Waals surface area contributed by atoms with Crippen LogP contribution < -0.4 is 0 Å². The lowest BCUT2D eigenvalue weighted by Gasteiger charge is -2.18. The molecule has 17 heavy (non-hydrogen) atoms. The second-order valence-corrected chi connectivity index (χ2v) is 5.01. The van der Waals surface area contributed by atoms with Crippen LogP contribution >= 0.6 is 0 Å². The molecule has 0 aliphatic heterocycles. The minimum atomic E-state index is -0.0781. The van der Waals surface area contributed by atoms with E-state index in [-0.39, 0.29) is 6.61 Å². The van der Waals surface area contributed by atoms with Crippen molar-refractivity contribution in [3.05, 3.63) is 35.2 Å². The Kier molecular flexibility index (Phi) is 2.63. The number of hydrogen-bond acceptors (Lipinski definition) is 3. The second kappa shape index (κ2) is 4.15. The first-order valence-electron chi connectivity index (χ1n) is 6.23. The topological polar surface area (TPSA) is 46.3 Å². The van der Waals surface area contributed by atoms with Crippen molar-refractivity contribution < 1.29 is 9.63 Å². The fourth-order valence-electron chi connectivity index (χ4n) is 2.67. The van der Waals surface area contributed by atoms with Gasteiger partial charge in [0.05, 0.1) is 5.69 Å². The summed E-state index contributed by atoms with van der Waals surface area (Å²) in [6.07, 6.45) is 10.3. The highest BCUT2D eigenvalue weighted by Gasteiger charge is 2.32. The van der Waals surface area contributed by atoms with Gasteiger partial charge in [-0.3, -0.25) is 0 Å². The molecule has 1 saturated carbocycles. The quantitative estimate of drug-likeness (QED) is 0.870. The van der Waals surface area contributed by atoms with Crippen LogP contribution in [0.2, 0.25) is 0 Å². The zero-order valence-corrected chi connectivity index (χ0v) is 10.0. The van der Waals surface area contributed by atoms with Gasteiger partial charge in [-0.15, -0.1) is 0 Å². The average Bonchev–Trinajstić information content (AvgIpc) is 3.13. The van der Waals surface area contributed by atoms with E-state index < -0.39 is 0 Å². The molecule has 1 unspecified atom stereocenters. The summed E-state index contributed by atoms with van der Waals surface area (Å²) in [4.78, 5) is 0. The zero-order chi connectivity index (χ0) is 11.8. The largest absolute Gasteiger partial charge is 0.388 e. The molecular formula is C14H17NO2. The van der Waals surface area contributed by atoms with Gasteiger partial charge in [-0.25, -0.2) is 0 Å². The van der Waals surface area contributed by atoms with Crippen LogP contribution in [0.3, 0.4) is 0 Å². The summed E-state index contributed by atoms with van der Waals surface area (Å²) in [5, 5.41) is 13.2. The Morgan fingerprint density at radius 2 is 2.29 bits per heavy atom. The normalized spacial score (nSPS) is 23.9. The van der Waals surface area contributed by atoms with Gasteiger partial charge in [0.1, 0.15) is 6.61 Å². The lowest BCUT2D eigenvalue weighted by atomic mass is 9.86. The minimum absolute atomic E-state index is 0.0781. The van der Waals surface area contributed by atoms with Gasteiger partial charge >= 0.3 is 0 Å². The Bertz CT molecular complexity index is 480. The summed E-state index contributed by atoms with van der Waals surface area (Å²) in [6.45, 7) is 1.86. The fraction of sp³-hybridized carbons (Fsp3) is 0.500. The zero-order valence-electron chi connectivity index (χ0n) is 10.0. The number of aliphatic hydroxyl groups is 1. The number of aromatic nitrogens is 1. The van der Waals surface area contributed by atoms with Crippen molar-refractivity contribution in [2.45, 2.75) is 32.8 Å². The van der Waals surface area contributed by atoms with E-state index in [1.54, 1.807) is 0 Å². The molecule has 2 aliphatic carbocycles. The van der Waals surface area contributed by atoms with E-state index in [2.05, 4.69) is 23.4 Å². The molecule has 0 saturated heterocycles. The van der Waals surface area contributed by atoms with E-state index in [1.165, 1.54) is 18.4 Å². The van der Waals surface area contributed by atoms with E-state index in [1.807, 2.05) is 6.92 Å². The van der Waals surface area contributed by atoms with E-state index in [4.69, 9.17) is 4.52 Å². The van der Waals surface area contributed by atoms with Crippen molar-refractivity contribution in [2.24, 2.45) is 11.8 Å². The van der Waals surface area contributed by atoms with Crippen LogP contribution in [-0.2, 0) is 6.61 Å². The number of aliphatic hydroxyl groups excluding tert-OH is 1. The van der Waals surface area contributed by atoms with Gasteiger partial charge in [0, 0.05) is 5.56 Å². The van der Waals surface area contributed by atoms with Crippen molar-refractivity contribution in [3.8, 4) is 0 Å². The Hall–Kier alpha value is -1.35. The molecule has 1 N–H and O–H groups in total. The molecule has 1 atom stereocenters. The maximum absolute atomic E-state index is 9.27. The van der Waals surface area contributed by atoms with Crippen molar-refractivity contribution in [1.82, 2.24) is 5.16 Å². The average molecular weight is 231 g/mol. The van der Waals surface area contributed by atoms with Crippen molar-refractivity contribution in [1.29, 1.82) is 0 Å². The van der Waals surface area contributed by atoms with Crippen LogP contribution in [0, 0.1) is 18.8 Å². The van der Waals surface area contributed by atoms with Crippen molar-refractivity contribution in [2.75, 3.05) is 0 Å². The Labute approximate surface area is 101 Å². The first-order valence-corrected chi connectivity index (χ1v) is 6.23. The summed E-state index contributed by atoms with van der Waals surface area (Å²) in [5.74, 6) is 2.13. The van der Waals surface area contributed by atoms with Crippen LogP contribution in [0.4, 0.5) is 0 Å². The van der Waals surface area contributed by atoms with Crippen molar-refractivity contribution >= 4 is 5.57 Å². The van der Waals surface area contributed by atoms with Crippen LogP contribution in [-0.4, -0.2) is 10.3 Å². The third-order valence-electron chi connectivity index (χ3n) is 3.74. The summed E-state index contributed by atoms with van der Waals surface area (Å²) in [6, 6.07) is 0. The third kappa shape index (κ3) is 1.95. The molecule has 3 heteroatoms. The summed E-state index contributed by atoms with van der Waals surface area (Å²) >= 11 is 0. The van der Waals surface area contributed by atoms with Crippen LogP contribution in [0.15, 0.2) is 22.8 Å². The monoisotopic (exact) mass is 231 g/mol. The maximum atomic E-state index is 9.27. The van der Waals surface area contributed by atoms with E-state index in [0.717, 1.165) is 23.6 Å². The van der Waals surface area contributed by atoms with Crippen LogP contribution in [0.25, 0.3) is 5.57 Å². The smallest absolute Gasteiger partial charge is 0.169 e. The Balaban J connectivity index is 1.90. The highest BCUT2D eigenvalue weighted by molar-refractivity contribution is 5.71. The molecule has 0 spiro atoms. The standard InChI is InChI=1S/C14H17NO2/c1-9-14(13(8-16)17-15-9)12-4-2-3-11(7-12)10-5-6-10/h2-4,10-11,16H,5-8H2,1H3. The van der Waals surface area contributed by atoms with Crippen LogP contribution in [0.1, 0.15) is 36.3 Å². The summed E-state index contributed by atoms with van der Waals surface area (Å²) in [5.41, 5.74) is 3.15. The highest BCUT2D eigenvalue weighted by atomic mass is 16.5. The Morgan fingerprint density at radius 1 is 1.47 bits per heavy atom. The molecule has 1 fully saturated rings. The van der Waals surface area contributed by atoms with Crippen molar-refractivity contribution in [3.63, 3.8) is 0 Å². The molecule has 2 aliphatic rings. The predicted octanol–water partition coefficient (Wildman–Crippen LogP) is 2.84. The predicted molar refractivity (Wildman–Crippen MR) is 65.1 cm³/mol. The third-order valence-corrected chi connectivity index (χ3v) is 3.74. The number of aryl methyl sites for hydroxylation is 1. The molecule has 1 aromatic heterocycles. The maximum Gasteiger partial charge on any atom is 0.169 e. The fourth-order valence-corrected chi connectivity index (χ4v) is 2.67. The van der Waals surface area contributed by atoms with Crippen LogP contribution in [0.5, 0.6) is 0 Å². The molecule has 0 radical (unpaired) electrons. The molecular weight excluding hydrogens is 214 g/mol. The van der Waals surface area contributed by atoms with Gasteiger partial charge in [-0.2, -0.15) is 0 Å².